The quantitative estimate of drug-likeness (QED) is 0.381. The lowest BCUT2D eigenvalue weighted by Crippen LogP contribution is -2.30. The van der Waals surface area contributed by atoms with Crippen LogP contribution in [0.2, 0.25) is 0 Å². The van der Waals surface area contributed by atoms with Crippen LogP contribution >= 0.6 is 69.6 Å². The molecule has 0 aliphatic rings. The Morgan fingerprint density at radius 3 is 1.12 bits per heavy atom. The molecule has 0 aromatic carbocycles. The molecular formula is C5Cl6O5. The molecular weight excluding hydrogens is 353 g/mol. The Morgan fingerprint density at radius 2 is 0.938 bits per heavy atom. The fourth-order valence-corrected chi connectivity index (χ4v) is 0.519. The number of carbonyl (C=O) groups is 3. The third-order valence-corrected chi connectivity index (χ3v) is 1.74. The Morgan fingerprint density at radius 1 is 0.688 bits per heavy atom. The van der Waals surface area contributed by atoms with E-state index < -0.39 is 25.7 Å². The number of hydrogen-bond acceptors (Lipinski definition) is 5. The van der Waals surface area contributed by atoms with Crippen molar-refractivity contribution in [2.75, 3.05) is 0 Å². The van der Waals surface area contributed by atoms with Crippen LogP contribution in [0, 0.1) is 0 Å². The van der Waals surface area contributed by atoms with E-state index in [2.05, 4.69) is 9.47 Å². The Balaban J connectivity index is 4.32. The Bertz CT molecular complexity index is 284. The highest BCUT2D eigenvalue weighted by Gasteiger charge is 2.39. The highest BCUT2D eigenvalue weighted by atomic mass is 35.6. The number of rotatable bonds is 0. The number of hydrogen-bond donors (Lipinski definition) is 0. The molecule has 0 radical (unpaired) electrons. The zero-order chi connectivity index (χ0) is 13.1. The summed E-state index contributed by atoms with van der Waals surface area (Å²) < 4.78 is 2.58. The SMILES string of the molecule is O=C(OC(=O)C(Cl)(Cl)Cl)OC(=O)C(Cl)(Cl)Cl. The standard InChI is InChI=1S/C5Cl6O5/c6-4(7,8)1(12)15-3(14)16-2(13)5(9,10)11. The number of alkyl halides is 6. The zero-order valence-electron chi connectivity index (χ0n) is 6.81. The summed E-state index contributed by atoms with van der Waals surface area (Å²) in [5.41, 5.74) is 0. The van der Waals surface area contributed by atoms with Crippen LogP contribution in [0.15, 0.2) is 0 Å². The van der Waals surface area contributed by atoms with Gasteiger partial charge in [0.15, 0.2) is 0 Å². The van der Waals surface area contributed by atoms with E-state index in [1.807, 2.05) is 0 Å². The molecule has 0 aliphatic carbocycles. The summed E-state index contributed by atoms with van der Waals surface area (Å²) in [7, 11) is 0. The van der Waals surface area contributed by atoms with E-state index in [1.165, 1.54) is 0 Å². The second kappa shape index (κ2) is 5.80. The molecule has 0 amide bonds. The first kappa shape index (κ1) is 16.4. The lowest BCUT2D eigenvalue weighted by molar-refractivity contribution is -0.145. The van der Waals surface area contributed by atoms with Crippen molar-refractivity contribution in [2.45, 2.75) is 7.59 Å². The molecule has 16 heavy (non-hydrogen) atoms. The predicted molar refractivity (Wildman–Crippen MR) is 58.2 cm³/mol. The van der Waals surface area contributed by atoms with E-state index in [-0.39, 0.29) is 0 Å². The molecule has 0 bridgehead atoms. The van der Waals surface area contributed by atoms with Gasteiger partial charge in [-0.3, -0.25) is 0 Å². The van der Waals surface area contributed by atoms with Gasteiger partial charge >= 0.3 is 18.1 Å². The van der Waals surface area contributed by atoms with E-state index >= 15 is 0 Å². The summed E-state index contributed by atoms with van der Waals surface area (Å²) >= 11 is 30.2. The Labute approximate surface area is 119 Å². The van der Waals surface area contributed by atoms with Crippen molar-refractivity contribution >= 4 is 87.7 Å². The number of halogens is 6. The molecule has 5 nitrogen and oxygen atoms in total. The van der Waals surface area contributed by atoms with Crippen LogP contribution in [0.1, 0.15) is 0 Å². The van der Waals surface area contributed by atoms with Gasteiger partial charge < -0.3 is 9.47 Å². The molecule has 0 saturated heterocycles. The Kier molecular flexibility index (Phi) is 5.92. The monoisotopic (exact) mass is 350 g/mol. The van der Waals surface area contributed by atoms with E-state index in [9.17, 15) is 14.4 Å². The minimum absolute atomic E-state index is 1.57. The highest BCUT2D eigenvalue weighted by Crippen LogP contribution is 2.29. The summed E-state index contributed by atoms with van der Waals surface area (Å²) in [6.07, 6.45) is -1.78. The van der Waals surface area contributed by atoms with Gasteiger partial charge in [0.05, 0.1) is 0 Å². The minimum atomic E-state index is -2.50. The number of esters is 2. The van der Waals surface area contributed by atoms with Gasteiger partial charge in [-0.05, 0) is 0 Å². The van der Waals surface area contributed by atoms with Crippen LogP contribution in [0.5, 0.6) is 0 Å². The molecule has 0 atom stereocenters. The van der Waals surface area contributed by atoms with Crippen LogP contribution in [-0.4, -0.2) is 25.7 Å². The summed E-state index contributed by atoms with van der Waals surface area (Å²) in [5, 5.41) is 0. The van der Waals surface area contributed by atoms with Gasteiger partial charge in [0.25, 0.3) is 7.59 Å². The molecule has 11 heteroatoms. The lowest BCUT2D eigenvalue weighted by Gasteiger charge is -2.10. The van der Waals surface area contributed by atoms with Crippen molar-refractivity contribution in [1.29, 1.82) is 0 Å². The molecule has 0 unspecified atom stereocenters. The molecule has 92 valence electrons. The average molecular weight is 353 g/mol. The summed E-state index contributed by atoms with van der Waals surface area (Å²) in [6, 6.07) is 0. The molecule has 0 saturated carbocycles. The zero-order valence-corrected chi connectivity index (χ0v) is 11.3. The normalized spacial score (nSPS) is 11.9. The molecule has 0 heterocycles. The van der Waals surface area contributed by atoms with Gasteiger partial charge in [-0.25, -0.2) is 14.4 Å². The maximum atomic E-state index is 10.8. The average Bonchev–Trinajstić information content (AvgIpc) is 1.99. The molecule has 0 aromatic heterocycles. The van der Waals surface area contributed by atoms with E-state index in [1.54, 1.807) is 0 Å². The predicted octanol–water partition coefficient (Wildman–Crippen LogP) is 2.93. The highest BCUT2D eigenvalue weighted by molar-refractivity contribution is 6.76. The van der Waals surface area contributed by atoms with Gasteiger partial charge in [-0.2, -0.15) is 0 Å². The number of carbonyl (C=O) groups excluding carboxylic acids is 3. The first-order valence-corrected chi connectivity index (χ1v) is 5.33. The molecule has 0 N–H and O–H groups in total. The first-order valence-electron chi connectivity index (χ1n) is 3.06. The molecule has 0 aliphatic heterocycles. The van der Waals surface area contributed by atoms with Crippen LogP contribution in [0.4, 0.5) is 4.79 Å². The fourth-order valence-electron chi connectivity index (χ4n) is 0.288. The smallest absolute Gasteiger partial charge is 0.357 e. The van der Waals surface area contributed by atoms with Gasteiger partial charge in [0.2, 0.25) is 0 Å². The molecule has 0 spiro atoms. The third kappa shape index (κ3) is 6.18. The van der Waals surface area contributed by atoms with Crippen molar-refractivity contribution < 1.29 is 23.9 Å². The Hall–Kier alpha value is 0.350. The van der Waals surface area contributed by atoms with Gasteiger partial charge in [0.1, 0.15) is 0 Å². The van der Waals surface area contributed by atoms with Gasteiger partial charge in [-0.15, -0.1) is 0 Å². The van der Waals surface area contributed by atoms with Gasteiger partial charge in [-0.1, -0.05) is 69.6 Å². The van der Waals surface area contributed by atoms with Crippen LogP contribution in [-0.2, 0) is 19.1 Å². The maximum absolute atomic E-state index is 10.8. The van der Waals surface area contributed by atoms with Crippen LogP contribution in [0.25, 0.3) is 0 Å². The third-order valence-electron chi connectivity index (χ3n) is 0.815. The topological polar surface area (TPSA) is 69.7 Å². The van der Waals surface area contributed by atoms with Crippen LogP contribution < -0.4 is 0 Å². The fraction of sp³-hybridized carbons (Fsp3) is 0.400. The molecule has 0 aromatic rings. The molecule has 0 fully saturated rings. The largest absolute Gasteiger partial charge is 0.524 e. The van der Waals surface area contributed by atoms with Crippen molar-refractivity contribution in [3.05, 3.63) is 0 Å². The van der Waals surface area contributed by atoms with Crippen molar-refractivity contribution in [3.63, 3.8) is 0 Å². The second-order valence-electron chi connectivity index (χ2n) is 2.02. The number of ether oxygens (including phenoxy) is 2. The van der Waals surface area contributed by atoms with Crippen molar-refractivity contribution in [2.24, 2.45) is 0 Å². The maximum Gasteiger partial charge on any atom is 0.524 e. The van der Waals surface area contributed by atoms with Crippen molar-refractivity contribution in [3.8, 4) is 0 Å². The summed E-state index contributed by atoms with van der Waals surface area (Å²) in [6.45, 7) is 0. The summed E-state index contributed by atoms with van der Waals surface area (Å²) in [5.74, 6) is -3.14. The van der Waals surface area contributed by atoms with E-state index in [4.69, 9.17) is 69.6 Å². The van der Waals surface area contributed by atoms with E-state index in [0.717, 1.165) is 0 Å². The van der Waals surface area contributed by atoms with Gasteiger partial charge in [0, 0.05) is 0 Å². The van der Waals surface area contributed by atoms with E-state index in [0.29, 0.717) is 0 Å². The first-order chi connectivity index (χ1) is 6.94. The van der Waals surface area contributed by atoms with Crippen molar-refractivity contribution in [1.82, 2.24) is 0 Å². The second-order valence-corrected chi connectivity index (χ2v) is 6.59. The minimum Gasteiger partial charge on any atom is -0.357 e. The summed E-state index contributed by atoms with van der Waals surface area (Å²) in [4.78, 5) is 32.3. The molecule has 0 rings (SSSR count). The van der Waals surface area contributed by atoms with Crippen LogP contribution in [0.3, 0.4) is 0 Å². The lowest BCUT2D eigenvalue weighted by atomic mass is 10.8.